The number of amides is 2. The van der Waals surface area contributed by atoms with Crippen LogP contribution in [0.1, 0.15) is 37.9 Å². The molecule has 0 atom stereocenters. The number of hydrogen-bond donors (Lipinski definition) is 2. The standard InChI is InChI=1S/C14H20N2O3/c17-13(8-11-4-1-2-5-11)16-10-14(18)15-9-12-6-3-7-19-12/h3,6-7,11H,1-2,4-5,8-10H2,(H,15,18)(H,16,17). The third-order valence-electron chi connectivity index (χ3n) is 3.43. The van der Waals surface area contributed by atoms with Crippen LogP contribution in [-0.2, 0) is 16.1 Å². The molecule has 1 aromatic rings. The third kappa shape index (κ3) is 4.77. The molecular formula is C14H20N2O3. The Morgan fingerprint density at radius 1 is 1.21 bits per heavy atom. The fourth-order valence-corrected chi connectivity index (χ4v) is 2.39. The molecule has 0 aromatic carbocycles. The van der Waals surface area contributed by atoms with Crippen LogP contribution in [0.3, 0.4) is 0 Å². The summed E-state index contributed by atoms with van der Waals surface area (Å²) < 4.78 is 5.10. The van der Waals surface area contributed by atoms with Crippen molar-refractivity contribution < 1.29 is 14.0 Å². The molecule has 1 aromatic heterocycles. The minimum Gasteiger partial charge on any atom is -0.467 e. The van der Waals surface area contributed by atoms with Crippen molar-refractivity contribution in [2.24, 2.45) is 5.92 Å². The highest BCUT2D eigenvalue weighted by Crippen LogP contribution is 2.27. The summed E-state index contributed by atoms with van der Waals surface area (Å²) in [6.45, 7) is 0.386. The second-order valence-corrected chi connectivity index (χ2v) is 4.99. The maximum Gasteiger partial charge on any atom is 0.239 e. The number of hydrogen-bond acceptors (Lipinski definition) is 3. The van der Waals surface area contributed by atoms with Crippen molar-refractivity contribution in [2.45, 2.75) is 38.6 Å². The number of carbonyl (C=O) groups is 2. The molecule has 2 rings (SSSR count). The molecule has 19 heavy (non-hydrogen) atoms. The second-order valence-electron chi connectivity index (χ2n) is 4.99. The van der Waals surface area contributed by atoms with Crippen LogP contribution >= 0.6 is 0 Å². The van der Waals surface area contributed by atoms with Gasteiger partial charge in [0.2, 0.25) is 11.8 Å². The van der Waals surface area contributed by atoms with Gasteiger partial charge in [0, 0.05) is 6.42 Å². The van der Waals surface area contributed by atoms with E-state index in [4.69, 9.17) is 4.42 Å². The molecule has 1 aliphatic rings. The van der Waals surface area contributed by atoms with Crippen LogP contribution in [0.5, 0.6) is 0 Å². The second kappa shape index (κ2) is 6.97. The SMILES string of the molecule is O=C(CNC(=O)CC1CCCC1)NCc1ccco1. The number of nitrogens with one attached hydrogen (secondary N) is 2. The lowest BCUT2D eigenvalue weighted by atomic mass is 10.0. The van der Waals surface area contributed by atoms with E-state index in [1.807, 2.05) is 0 Å². The normalized spacial score (nSPS) is 15.4. The quantitative estimate of drug-likeness (QED) is 0.819. The smallest absolute Gasteiger partial charge is 0.239 e. The van der Waals surface area contributed by atoms with E-state index >= 15 is 0 Å². The maximum absolute atomic E-state index is 11.6. The first-order valence-corrected chi connectivity index (χ1v) is 6.80. The van der Waals surface area contributed by atoms with Gasteiger partial charge in [-0.05, 0) is 30.9 Å². The van der Waals surface area contributed by atoms with Crippen molar-refractivity contribution in [3.05, 3.63) is 24.2 Å². The zero-order valence-corrected chi connectivity index (χ0v) is 11.0. The van der Waals surface area contributed by atoms with Crippen molar-refractivity contribution in [2.75, 3.05) is 6.54 Å². The summed E-state index contributed by atoms with van der Waals surface area (Å²) in [4.78, 5) is 23.1. The first-order chi connectivity index (χ1) is 9.24. The molecule has 1 saturated carbocycles. The van der Waals surface area contributed by atoms with E-state index < -0.39 is 0 Å². The Morgan fingerprint density at radius 3 is 2.68 bits per heavy atom. The fourth-order valence-electron chi connectivity index (χ4n) is 2.39. The van der Waals surface area contributed by atoms with Crippen LogP contribution < -0.4 is 10.6 Å². The van der Waals surface area contributed by atoms with Gasteiger partial charge in [-0.1, -0.05) is 12.8 Å². The van der Waals surface area contributed by atoms with Gasteiger partial charge >= 0.3 is 0 Å². The minimum atomic E-state index is -0.198. The Bertz CT molecular complexity index is 408. The highest BCUT2D eigenvalue weighted by molar-refractivity contribution is 5.84. The van der Waals surface area contributed by atoms with Gasteiger partial charge in [-0.3, -0.25) is 9.59 Å². The molecule has 5 heteroatoms. The Balaban J connectivity index is 1.58. The lowest BCUT2D eigenvalue weighted by Crippen LogP contribution is -2.37. The third-order valence-corrected chi connectivity index (χ3v) is 3.43. The van der Waals surface area contributed by atoms with Crippen molar-refractivity contribution in [1.29, 1.82) is 0 Å². The summed E-state index contributed by atoms with van der Waals surface area (Å²) in [7, 11) is 0. The molecule has 0 saturated heterocycles. The average Bonchev–Trinajstić information content (AvgIpc) is 3.06. The molecule has 0 radical (unpaired) electrons. The van der Waals surface area contributed by atoms with E-state index in [0.717, 1.165) is 12.8 Å². The summed E-state index contributed by atoms with van der Waals surface area (Å²) in [6, 6.07) is 3.56. The predicted molar refractivity (Wildman–Crippen MR) is 70.1 cm³/mol. The van der Waals surface area contributed by atoms with Crippen LogP contribution in [0.15, 0.2) is 22.8 Å². The molecule has 2 amide bonds. The highest BCUT2D eigenvalue weighted by Gasteiger charge is 2.18. The van der Waals surface area contributed by atoms with Crippen molar-refractivity contribution in [3.8, 4) is 0 Å². The van der Waals surface area contributed by atoms with E-state index in [0.29, 0.717) is 24.6 Å². The number of rotatable bonds is 6. The predicted octanol–water partition coefficient (Wildman–Crippen LogP) is 1.59. The lowest BCUT2D eigenvalue weighted by Gasteiger charge is -2.09. The number of furan rings is 1. The van der Waals surface area contributed by atoms with Crippen LogP contribution in [0.4, 0.5) is 0 Å². The summed E-state index contributed by atoms with van der Waals surface area (Å²) in [6.07, 6.45) is 6.83. The Kier molecular flexibility index (Phi) is 5.01. The molecule has 0 unspecified atom stereocenters. The largest absolute Gasteiger partial charge is 0.467 e. The molecule has 2 N–H and O–H groups in total. The molecule has 1 aliphatic carbocycles. The first kappa shape index (κ1) is 13.6. The summed E-state index contributed by atoms with van der Waals surface area (Å²) in [5.41, 5.74) is 0. The van der Waals surface area contributed by atoms with Gasteiger partial charge < -0.3 is 15.1 Å². The summed E-state index contributed by atoms with van der Waals surface area (Å²) >= 11 is 0. The molecule has 1 fully saturated rings. The van der Waals surface area contributed by atoms with Crippen molar-refractivity contribution >= 4 is 11.8 Å². The van der Waals surface area contributed by atoms with Gasteiger partial charge in [-0.15, -0.1) is 0 Å². The molecular weight excluding hydrogens is 244 g/mol. The topological polar surface area (TPSA) is 71.3 Å². The zero-order valence-electron chi connectivity index (χ0n) is 11.0. The fraction of sp³-hybridized carbons (Fsp3) is 0.571. The monoisotopic (exact) mass is 264 g/mol. The maximum atomic E-state index is 11.6. The van der Waals surface area contributed by atoms with E-state index in [9.17, 15) is 9.59 Å². The minimum absolute atomic E-state index is 0.0277. The van der Waals surface area contributed by atoms with E-state index in [-0.39, 0.29) is 18.4 Å². The summed E-state index contributed by atoms with van der Waals surface area (Å²) in [5, 5.41) is 5.34. The Hall–Kier alpha value is -1.78. The Morgan fingerprint density at radius 2 is 2.00 bits per heavy atom. The van der Waals surface area contributed by atoms with E-state index in [1.54, 1.807) is 18.4 Å². The van der Waals surface area contributed by atoms with Crippen LogP contribution in [0.25, 0.3) is 0 Å². The molecule has 0 spiro atoms. The van der Waals surface area contributed by atoms with Gasteiger partial charge in [0.15, 0.2) is 0 Å². The van der Waals surface area contributed by atoms with Gasteiger partial charge in [0.05, 0.1) is 19.4 Å². The summed E-state index contributed by atoms with van der Waals surface area (Å²) in [5.74, 6) is 0.980. The Labute approximate surface area is 112 Å². The molecule has 5 nitrogen and oxygen atoms in total. The number of carbonyl (C=O) groups excluding carboxylic acids is 2. The zero-order chi connectivity index (χ0) is 13.5. The van der Waals surface area contributed by atoms with Crippen LogP contribution in [-0.4, -0.2) is 18.4 Å². The van der Waals surface area contributed by atoms with Gasteiger partial charge in [0.25, 0.3) is 0 Å². The van der Waals surface area contributed by atoms with Crippen molar-refractivity contribution in [3.63, 3.8) is 0 Å². The average molecular weight is 264 g/mol. The van der Waals surface area contributed by atoms with E-state index in [2.05, 4.69) is 10.6 Å². The van der Waals surface area contributed by atoms with Crippen molar-refractivity contribution in [1.82, 2.24) is 10.6 Å². The molecule has 0 bridgehead atoms. The van der Waals surface area contributed by atoms with Gasteiger partial charge in [0.1, 0.15) is 5.76 Å². The lowest BCUT2D eigenvalue weighted by molar-refractivity contribution is -0.126. The molecule has 1 heterocycles. The van der Waals surface area contributed by atoms with Crippen LogP contribution in [0.2, 0.25) is 0 Å². The first-order valence-electron chi connectivity index (χ1n) is 6.80. The highest BCUT2D eigenvalue weighted by atomic mass is 16.3. The molecule has 104 valence electrons. The van der Waals surface area contributed by atoms with E-state index in [1.165, 1.54) is 12.8 Å². The molecule has 0 aliphatic heterocycles. The van der Waals surface area contributed by atoms with Crippen LogP contribution in [0, 0.1) is 5.92 Å². The van der Waals surface area contributed by atoms with Gasteiger partial charge in [-0.25, -0.2) is 0 Å². The van der Waals surface area contributed by atoms with Gasteiger partial charge in [-0.2, -0.15) is 0 Å².